The van der Waals surface area contributed by atoms with Crippen LogP contribution in [0, 0.1) is 6.92 Å². The predicted octanol–water partition coefficient (Wildman–Crippen LogP) is 2.51. The normalized spacial score (nSPS) is 17.8. The molecule has 0 N–H and O–H groups in total. The third kappa shape index (κ3) is 3.39. The molecular weight excluding hydrogens is 338 g/mol. The first-order valence-electron chi connectivity index (χ1n) is 9.54. The van der Waals surface area contributed by atoms with Crippen LogP contribution in [0.1, 0.15) is 36.1 Å². The van der Waals surface area contributed by atoms with Gasteiger partial charge in [-0.05, 0) is 33.9 Å². The summed E-state index contributed by atoms with van der Waals surface area (Å²) in [5, 5.41) is 20.2. The van der Waals surface area contributed by atoms with E-state index < -0.39 is 0 Å². The molecule has 2 aromatic heterocycles. The van der Waals surface area contributed by atoms with Crippen molar-refractivity contribution in [2.24, 2.45) is 7.05 Å². The monoisotopic (exact) mass is 365 g/mol. The van der Waals surface area contributed by atoms with Crippen LogP contribution >= 0.6 is 0 Å². The van der Waals surface area contributed by atoms with E-state index in [2.05, 4.69) is 80.2 Å². The second kappa shape index (κ2) is 7.23. The van der Waals surface area contributed by atoms with Crippen molar-refractivity contribution in [3.63, 3.8) is 0 Å². The number of anilines is 1. The Morgan fingerprint density at radius 2 is 1.85 bits per heavy atom. The molecule has 142 valence electrons. The molecule has 1 saturated heterocycles. The van der Waals surface area contributed by atoms with Crippen LogP contribution < -0.4 is 4.90 Å². The molecule has 1 aromatic carbocycles. The summed E-state index contributed by atoms with van der Waals surface area (Å²) in [6, 6.07) is 8.41. The second-order valence-electron chi connectivity index (χ2n) is 7.71. The molecule has 0 saturated carbocycles. The minimum atomic E-state index is 0.356. The van der Waals surface area contributed by atoms with E-state index in [0.717, 1.165) is 55.6 Å². The number of hydrogen-bond acceptors (Lipinski definition) is 6. The Morgan fingerprint density at radius 1 is 1.07 bits per heavy atom. The summed E-state index contributed by atoms with van der Waals surface area (Å²) in [6.45, 7) is 4.72. The van der Waals surface area contributed by atoms with Gasteiger partial charge in [-0.1, -0.05) is 24.3 Å². The smallest absolute Gasteiger partial charge is 0.159 e. The highest BCUT2D eigenvalue weighted by molar-refractivity contribution is 5.93. The van der Waals surface area contributed by atoms with Crippen molar-refractivity contribution in [2.45, 2.75) is 32.2 Å². The summed E-state index contributed by atoms with van der Waals surface area (Å²) in [7, 11) is 6.18. The van der Waals surface area contributed by atoms with Crippen molar-refractivity contribution < 1.29 is 0 Å². The van der Waals surface area contributed by atoms with E-state index in [1.54, 1.807) is 0 Å². The van der Waals surface area contributed by atoms with Gasteiger partial charge in [0.2, 0.25) is 0 Å². The van der Waals surface area contributed by atoms with E-state index in [9.17, 15) is 0 Å². The quantitative estimate of drug-likeness (QED) is 0.708. The molecule has 27 heavy (non-hydrogen) atoms. The van der Waals surface area contributed by atoms with Crippen LogP contribution in [-0.2, 0) is 13.6 Å². The molecule has 1 fully saturated rings. The third-order valence-corrected chi connectivity index (χ3v) is 5.39. The van der Waals surface area contributed by atoms with Crippen molar-refractivity contribution in [3.05, 3.63) is 41.6 Å². The van der Waals surface area contributed by atoms with E-state index >= 15 is 0 Å². The topological polar surface area (TPSA) is 63.0 Å². The average Bonchev–Trinajstić information content (AvgIpc) is 3.02. The van der Waals surface area contributed by atoms with Gasteiger partial charge in [0.25, 0.3) is 0 Å². The molecule has 7 heteroatoms. The van der Waals surface area contributed by atoms with Crippen molar-refractivity contribution >= 4 is 16.6 Å². The van der Waals surface area contributed by atoms with Crippen molar-refractivity contribution in [1.82, 2.24) is 29.9 Å². The van der Waals surface area contributed by atoms with E-state index in [-0.39, 0.29) is 0 Å². The second-order valence-corrected chi connectivity index (χ2v) is 7.71. The van der Waals surface area contributed by atoms with Crippen LogP contribution in [0.25, 0.3) is 10.8 Å². The molecule has 3 heterocycles. The molecule has 0 radical (unpaired) electrons. The molecule has 0 bridgehead atoms. The molecular formula is C20H27N7. The first-order chi connectivity index (χ1) is 13.0. The Bertz CT molecular complexity index is 947. The third-order valence-electron chi connectivity index (χ3n) is 5.39. The fourth-order valence-electron chi connectivity index (χ4n) is 3.99. The summed E-state index contributed by atoms with van der Waals surface area (Å²) < 4.78 is 2.16. The molecule has 1 aliphatic heterocycles. The van der Waals surface area contributed by atoms with Gasteiger partial charge in [0.1, 0.15) is 11.6 Å². The number of benzene rings is 1. The summed E-state index contributed by atoms with van der Waals surface area (Å²) in [5.74, 6) is 3.42. The average molecular weight is 365 g/mol. The predicted molar refractivity (Wildman–Crippen MR) is 107 cm³/mol. The van der Waals surface area contributed by atoms with Crippen molar-refractivity contribution in [3.8, 4) is 0 Å². The number of piperidine rings is 1. The maximum Gasteiger partial charge on any atom is 0.159 e. The summed E-state index contributed by atoms with van der Waals surface area (Å²) >= 11 is 0. The van der Waals surface area contributed by atoms with Gasteiger partial charge >= 0.3 is 0 Å². The Balaban J connectivity index is 1.63. The molecule has 3 aromatic rings. The number of nitrogens with zero attached hydrogens (tertiary/aromatic N) is 7. The zero-order chi connectivity index (χ0) is 19.0. The zero-order valence-corrected chi connectivity index (χ0v) is 16.6. The van der Waals surface area contributed by atoms with Gasteiger partial charge in [-0.3, -0.25) is 0 Å². The SMILES string of the molecule is Cc1nnc(N2CCC[C@H](c3nnc(CN(C)C)n3C)C2)c2ccccc12. The lowest BCUT2D eigenvalue weighted by Crippen LogP contribution is -2.36. The van der Waals surface area contributed by atoms with Crippen molar-refractivity contribution in [1.29, 1.82) is 0 Å². The Hall–Kier alpha value is -2.54. The number of hydrogen-bond donors (Lipinski definition) is 0. The molecule has 1 aliphatic rings. The van der Waals surface area contributed by atoms with Crippen LogP contribution in [0.3, 0.4) is 0 Å². The highest BCUT2D eigenvalue weighted by Gasteiger charge is 2.27. The maximum atomic E-state index is 4.55. The van der Waals surface area contributed by atoms with Crippen LogP contribution in [0.5, 0.6) is 0 Å². The Kier molecular flexibility index (Phi) is 4.78. The molecule has 1 atom stereocenters. The largest absolute Gasteiger partial charge is 0.354 e. The molecule has 7 nitrogen and oxygen atoms in total. The maximum absolute atomic E-state index is 4.55. The van der Waals surface area contributed by atoms with Gasteiger partial charge in [-0.25, -0.2) is 0 Å². The number of aromatic nitrogens is 5. The van der Waals surface area contributed by atoms with Crippen LogP contribution in [0.2, 0.25) is 0 Å². The van der Waals surface area contributed by atoms with E-state index in [1.165, 1.54) is 10.8 Å². The standard InChI is InChI=1S/C20H27N7/c1-14-16-9-5-6-10-17(16)20(24-21-14)27-11-7-8-15(12-27)19-23-22-18(26(19)4)13-25(2)3/h5-6,9-10,15H,7-8,11-13H2,1-4H3/t15-/m0/s1. The van der Waals surface area contributed by atoms with E-state index in [0.29, 0.717) is 5.92 Å². The number of aryl methyl sites for hydroxylation is 1. The van der Waals surface area contributed by atoms with Gasteiger partial charge < -0.3 is 14.4 Å². The molecule has 0 spiro atoms. The first-order valence-corrected chi connectivity index (χ1v) is 9.54. The molecule has 0 amide bonds. The minimum Gasteiger partial charge on any atom is -0.354 e. The summed E-state index contributed by atoms with van der Waals surface area (Å²) in [5.41, 5.74) is 0.976. The highest BCUT2D eigenvalue weighted by Crippen LogP contribution is 2.32. The van der Waals surface area contributed by atoms with Gasteiger partial charge in [-0.15, -0.1) is 15.3 Å². The minimum absolute atomic E-state index is 0.356. The summed E-state index contributed by atoms with van der Waals surface area (Å²) in [6.07, 6.45) is 2.24. The summed E-state index contributed by atoms with van der Waals surface area (Å²) in [4.78, 5) is 4.48. The zero-order valence-electron chi connectivity index (χ0n) is 16.6. The molecule has 0 aliphatic carbocycles. The van der Waals surface area contributed by atoms with Crippen LogP contribution in [0.4, 0.5) is 5.82 Å². The van der Waals surface area contributed by atoms with Crippen LogP contribution in [-0.4, -0.2) is 57.0 Å². The van der Waals surface area contributed by atoms with E-state index in [1.807, 2.05) is 6.92 Å². The van der Waals surface area contributed by atoms with Gasteiger partial charge in [-0.2, -0.15) is 5.10 Å². The Morgan fingerprint density at radius 3 is 2.63 bits per heavy atom. The number of rotatable bonds is 4. The van der Waals surface area contributed by atoms with Crippen LogP contribution in [0.15, 0.2) is 24.3 Å². The lowest BCUT2D eigenvalue weighted by molar-refractivity contribution is 0.382. The fourth-order valence-corrected chi connectivity index (χ4v) is 3.99. The van der Waals surface area contributed by atoms with Gasteiger partial charge in [0.15, 0.2) is 5.82 Å². The van der Waals surface area contributed by atoms with Gasteiger partial charge in [0.05, 0.1) is 12.2 Å². The van der Waals surface area contributed by atoms with E-state index in [4.69, 9.17) is 0 Å². The van der Waals surface area contributed by atoms with Gasteiger partial charge in [0, 0.05) is 36.8 Å². The number of fused-ring (bicyclic) bond motifs is 1. The Labute approximate surface area is 160 Å². The highest BCUT2D eigenvalue weighted by atomic mass is 15.3. The lowest BCUT2D eigenvalue weighted by Gasteiger charge is -2.33. The lowest BCUT2D eigenvalue weighted by atomic mass is 9.96. The fraction of sp³-hybridized carbons (Fsp3) is 0.500. The molecule has 4 rings (SSSR count). The molecule has 0 unspecified atom stereocenters. The first kappa shape index (κ1) is 17.9. The van der Waals surface area contributed by atoms with Crippen molar-refractivity contribution in [2.75, 3.05) is 32.1 Å².